The van der Waals surface area contributed by atoms with Gasteiger partial charge in [-0.05, 0) is 0 Å². The van der Waals surface area contributed by atoms with E-state index in [1.54, 1.807) is 19.3 Å². The number of nitrogens with two attached hydrogens (primary N) is 1. The fraction of sp³-hybridized carbons (Fsp3) is 0.308. The molecule has 1 aliphatic rings. The summed E-state index contributed by atoms with van der Waals surface area (Å²) >= 11 is 6.06. The number of nitrogens with zero attached hydrogens (tertiary/aromatic N) is 2. The van der Waals surface area contributed by atoms with Gasteiger partial charge in [-0.15, -0.1) is 0 Å². The van der Waals surface area contributed by atoms with E-state index in [9.17, 15) is 5.11 Å². The van der Waals surface area contributed by atoms with E-state index in [2.05, 4.69) is 5.10 Å². The molecule has 0 unspecified atom stereocenters. The lowest BCUT2D eigenvalue weighted by atomic mass is 10.1. The topological polar surface area (TPSA) is 82.5 Å². The van der Waals surface area contributed by atoms with Crippen molar-refractivity contribution in [1.82, 2.24) is 9.78 Å². The van der Waals surface area contributed by atoms with Gasteiger partial charge in [0.05, 0.1) is 35.6 Å². The molecule has 0 spiro atoms. The summed E-state index contributed by atoms with van der Waals surface area (Å²) in [6.07, 6.45) is 2.32. The van der Waals surface area contributed by atoms with Crippen LogP contribution in [0.1, 0.15) is 6.42 Å². The summed E-state index contributed by atoms with van der Waals surface area (Å²) in [6, 6.07) is 1.55. The van der Waals surface area contributed by atoms with Crippen molar-refractivity contribution in [1.29, 1.82) is 0 Å². The first-order valence-electron chi connectivity index (χ1n) is 6.18. The normalized spacial score (nSPS) is 14.1. The number of phenolic OH excluding ortho intramolecular Hbond substituents is 1. The lowest BCUT2D eigenvalue weighted by molar-refractivity contribution is 0.297. The third-order valence-corrected chi connectivity index (χ3v) is 3.51. The smallest absolute Gasteiger partial charge is 0.173 e. The Bertz CT molecular complexity index is 669. The van der Waals surface area contributed by atoms with Gasteiger partial charge in [-0.25, -0.2) is 0 Å². The van der Waals surface area contributed by atoms with Crippen LogP contribution in [0.3, 0.4) is 0 Å². The molecule has 106 valence electrons. The summed E-state index contributed by atoms with van der Waals surface area (Å²) in [7, 11) is 1.72. The molecule has 0 fully saturated rings. The second kappa shape index (κ2) is 4.79. The molecule has 2 aromatic rings. The monoisotopic (exact) mass is 295 g/mol. The minimum absolute atomic E-state index is 0.0874. The molecule has 3 N–H and O–H groups in total. The minimum Gasteiger partial charge on any atom is -0.506 e. The maximum Gasteiger partial charge on any atom is 0.173 e. The highest BCUT2D eigenvalue weighted by molar-refractivity contribution is 6.33. The van der Waals surface area contributed by atoms with E-state index in [1.165, 1.54) is 4.68 Å². The Morgan fingerprint density at radius 2 is 2.15 bits per heavy atom. The van der Waals surface area contributed by atoms with Gasteiger partial charge in [-0.2, -0.15) is 5.10 Å². The molecule has 0 bridgehead atoms. The number of fused-ring (bicyclic) bond motifs is 1. The highest BCUT2D eigenvalue weighted by atomic mass is 35.5. The third-order valence-electron chi connectivity index (χ3n) is 3.22. The predicted octanol–water partition coefficient (Wildman–Crippen LogP) is 2.19. The van der Waals surface area contributed by atoms with E-state index in [4.69, 9.17) is 26.8 Å². The molecule has 1 aromatic heterocycles. The van der Waals surface area contributed by atoms with Crippen molar-refractivity contribution in [3.8, 4) is 28.4 Å². The standard InChI is InChI=1S/C13H14ClN3O3/c1-17-13(15)7(6-16-17)10-11(18)8(14)5-9-12(10)20-4-2-3-19-9/h5-6,18H,2-4,15H2,1H3. The second-order valence-electron chi connectivity index (χ2n) is 4.53. The van der Waals surface area contributed by atoms with Crippen LogP contribution in [-0.2, 0) is 7.05 Å². The van der Waals surface area contributed by atoms with Gasteiger partial charge in [0.1, 0.15) is 11.6 Å². The number of halogens is 1. The molecular formula is C13H14ClN3O3. The number of benzene rings is 1. The summed E-state index contributed by atoms with van der Waals surface area (Å²) in [5, 5.41) is 14.5. The van der Waals surface area contributed by atoms with Crippen molar-refractivity contribution in [3.05, 3.63) is 17.3 Å². The summed E-state index contributed by atoms with van der Waals surface area (Å²) < 4.78 is 12.8. The summed E-state index contributed by atoms with van der Waals surface area (Å²) in [4.78, 5) is 0. The number of hydrogen-bond donors (Lipinski definition) is 2. The Labute approximate surface area is 120 Å². The van der Waals surface area contributed by atoms with E-state index in [0.717, 1.165) is 6.42 Å². The molecular weight excluding hydrogens is 282 g/mol. The quantitative estimate of drug-likeness (QED) is 0.842. The van der Waals surface area contributed by atoms with Gasteiger partial charge in [0.2, 0.25) is 0 Å². The molecule has 0 saturated heterocycles. The number of nitrogen functional groups attached to an aromatic ring is 1. The largest absolute Gasteiger partial charge is 0.506 e. The number of ether oxygens (including phenoxy) is 2. The molecule has 1 aromatic carbocycles. The first-order valence-corrected chi connectivity index (χ1v) is 6.56. The molecule has 7 heteroatoms. The number of phenols is 1. The number of aromatic hydroxyl groups is 1. The van der Waals surface area contributed by atoms with Crippen LogP contribution in [0.25, 0.3) is 11.1 Å². The highest BCUT2D eigenvalue weighted by Gasteiger charge is 2.25. The van der Waals surface area contributed by atoms with Gasteiger partial charge in [0, 0.05) is 19.5 Å². The van der Waals surface area contributed by atoms with Crippen molar-refractivity contribution < 1.29 is 14.6 Å². The van der Waals surface area contributed by atoms with E-state index in [0.29, 0.717) is 41.7 Å². The Kier molecular flexibility index (Phi) is 3.10. The molecule has 6 nitrogen and oxygen atoms in total. The Hall–Kier alpha value is -2.08. The summed E-state index contributed by atoms with van der Waals surface area (Å²) in [5.41, 5.74) is 6.96. The van der Waals surface area contributed by atoms with Crippen molar-refractivity contribution >= 4 is 17.4 Å². The lowest BCUT2D eigenvalue weighted by Gasteiger charge is -2.15. The van der Waals surface area contributed by atoms with Crippen LogP contribution in [0.2, 0.25) is 5.02 Å². The first-order chi connectivity index (χ1) is 9.59. The van der Waals surface area contributed by atoms with Crippen molar-refractivity contribution in [2.24, 2.45) is 7.05 Å². The van der Waals surface area contributed by atoms with Gasteiger partial charge >= 0.3 is 0 Å². The molecule has 2 heterocycles. The lowest BCUT2D eigenvalue weighted by Crippen LogP contribution is -2.00. The minimum atomic E-state index is -0.0874. The SMILES string of the molecule is Cn1ncc(-c2c(O)c(Cl)cc3c2OCCCO3)c1N. The number of aryl methyl sites for hydroxylation is 1. The van der Waals surface area contributed by atoms with Crippen molar-refractivity contribution in [3.63, 3.8) is 0 Å². The van der Waals surface area contributed by atoms with Gasteiger partial charge in [0.25, 0.3) is 0 Å². The zero-order valence-electron chi connectivity index (χ0n) is 10.9. The molecule has 0 amide bonds. The zero-order chi connectivity index (χ0) is 14.3. The molecule has 1 aliphatic heterocycles. The van der Waals surface area contributed by atoms with Crippen LogP contribution in [-0.4, -0.2) is 28.1 Å². The average molecular weight is 296 g/mol. The molecule has 0 aliphatic carbocycles. The molecule has 20 heavy (non-hydrogen) atoms. The van der Waals surface area contributed by atoms with Gasteiger partial charge in [0.15, 0.2) is 11.5 Å². The van der Waals surface area contributed by atoms with Crippen molar-refractivity contribution in [2.75, 3.05) is 18.9 Å². The second-order valence-corrected chi connectivity index (χ2v) is 4.93. The number of hydrogen-bond acceptors (Lipinski definition) is 5. The van der Waals surface area contributed by atoms with E-state index in [1.807, 2.05) is 0 Å². The van der Waals surface area contributed by atoms with Gasteiger partial charge in [-0.1, -0.05) is 11.6 Å². The highest BCUT2D eigenvalue weighted by Crippen LogP contribution is 2.50. The van der Waals surface area contributed by atoms with Gasteiger partial charge < -0.3 is 20.3 Å². The Morgan fingerprint density at radius 3 is 2.85 bits per heavy atom. The third kappa shape index (κ3) is 1.92. The van der Waals surface area contributed by atoms with Crippen LogP contribution in [0.4, 0.5) is 5.82 Å². The van der Waals surface area contributed by atoms with E-state index >= 15 is 0 Å². The first kappa shape index (κ1) is 12.9. The summed E-state index contributed by atoms with van der Waals surface area (Å²) in [5.74, 6) is 1.28. The number of rotatable bonds is 1. The summed E-state index contributed by atoms with van der Waals surface area (Å²) in [6.45, 7) is 1.04. The Morgan fingerprint density at radius 1 is 1.40 bits per heavy atom. The van der Waals surface area contributed by atoms with Crippen LogP contribution in [0, 0.1) is 0 Å². The van der Waals surface area contributed by atoms with E-state index < -0.39 is 0 Å². The maximum absolute atomic E-state index is 10.3. The maximum atomic E-state index is 10.3. The predicted molar refractivity (Wildman–Crippen MR) is 75.3 cm³/mol. The number of aromatic nitrogens is 2. The fourth-order valence-corrected chi connectivity index (χ4v) is 2.35. The molecule has 0 saturated carbocycles. The zero-order valence-corrected chi connectivity index (χ0v) is 11.6. The molecule has 3 rings (SSSR count). The van der Waals surface area contributed by atoms with Crippen LogP contribution >= 0.6 is 11.6 Å². The average Bonchev–Trinajstić information content (AvgIpc) is 2.65. The fourth-order valence-electron chi connectivity index (χ4n) is 2.15. The van der Waals surface area contributed by atoms with Crippen LogP contribution in [0.5, 0.6) is 17.2 Å². The van der Waals surface area contributed by atoms with Crippen LogP contribution in [0.15, 0.2) is 12.3 Å². The molecule has 0 radical (unpaired) electrons. The van der Waals surface area contributed by atoms with Crippen molar-refractivity contribution in [2.45, 2.75) is 6.42 Å². The Balaban J connectivity index is 2.28. The van der Waals surface area contributed by atoms with Crippen LogP contribution < -0.4 is 15.2 Å². The van der Waals surface area contributed by atoms with Gasteiger partial charge in [-0.3, -0.25) is 4.68 Å². The van der Waals surface area contributed by atoms with E-state index in [-0.39, 0.29) is 10.8 Å². The number of anilines is 1. The molecule has 0 atom stereocenters.